The van der Waals surface area contributed by atoms with Crippen LogP contribution >= 0.6 is 22.9 Å². The molecule has 0 saturated heterocycles. The second kappa shape index (κ2) is 5.49. The quantitative estimate of drug-likeness (QED) is 0.819. The van der Waals surface area contributed by atoms with Crippen LogP contribution in [0.15, 0.2) is 24.3 Å². The van der Waals surface area contributed by atoms with Crippen LogP contribution in [0.5, 0.6) is 0 Å². The molecule has 3 N–H and O–H groups in total. The monoisotopic (exact) mass is 268 g/mol. The molecule has 0 aliphatic rings. The Morgan fingerprint density at radius 3 is 2.88 bits per heavy atom. The van der Waals surface area contributed by atoms with E-state index in [0.29, 0.717) is 19.5 Å². The molecule has 0 aliphatic heterocycles. The molecule has 0 unspecified atom stereocenters. The summed E-state index contributed by atoms with van der Waals surface area (Å²) in [6, 6.07) is 8.05. The van der Waals surface area contributed by atoms with Gasteiger partial charge in [0.1, 0.15) is 0 Å². The number of nitrogens with one attached hydrogen (secondary N) is 1. The summed E-state index contributed by atoms with van der Waals surface area (Å²) < 4.78 is 1.18. The van der Waals surface area contributed by atoms with E-state index in [2.05, 4.69) is 11.4 Å². The van der Waals surface area contributed by atoms with E-state index >= 15 is 0 Å². The molecular formula is C12H13ClN2OS. The fourth-order valence-corrected chi connectivity index (χ4v) is 3.06. The number of rotatable bonds is 5. The first-order chi connectivity index (χ1) is 8.18. The van der Waals surface area contributed by atoms with Crippen LogP contribution in [0.1, 0.15) is 11.3 Å². The molecule has 0 fully saturated rings. The number of primary amides is 1. The normalized spacial score (nSPS) is 10.9. The first-order valence-electron chi connectivity index (χ1n) is 5.33. The number of amides is 1. The summed E-state index contributed by atoms with van der Waals surface area (Å²) in [5.41, 5.74) is 5.06. The van der Waals surface area contributed by atoms with E-state index in [0.717, 1.165) is 15.3 Å². The summed E-state index contributed by atoms with van der Waals surface area (Å²) in [7, 11) is 0. The van der Waals surface area contributed by atoms with E-state index in [-0.39, 0.29) is 5.91 Å². The SMILES string of the molecule is NC(=O)CCNCc1sc2ccccc2c1Cl. The van der Waals surface area contributed by atoms with Crippen molar-refractivity contribution in [3.8, 4) is 0 Å². The summed E-state index contributed by atoms with van der Waals surface area (Å²) >= 11 is 7.95. The number of halogens is 1. The first kappa shape index (κ1) is 12.4. The molecule has 2 aromatic rings. The standard InChI is InChI=1S/C12H13ClN2OS/c13-12-8-3-1-2-4-9(8)17-10(12)7-15-6-5-11(14)16/h1-4,15H,5-7H2,(H2,14,16). The van der Waals surface area contributed by atoms with E-state index in [1.54, 1.807) is 11.3 Å². The van der Waals surface area contributed by atoms with E-state index in [9.17, 15) is 4.79 Å². The fraction of sp³-hybridized carbons (Fsp3) is 0.250. The van der Waals surface area contributed by atoms with Crippen LogP contribution in [-0.2, 0) is 11.3 Å². The molecule has 1 amide bonds. The molecule has 0 bridgehead atoms. The molecule has 2 rings (SSSR count). The Balaban J connectivity index is 2.04. The van der Waals surface area contributed by atoms with Crippen LogP contribution in [0.3, 0.4) is 0 Å². The van der Waals surface area contributed by atoms with Gasteiger partial charge in [0.05, 0.1) is 5.02 Å². The maximum absolute atomic E-state index is 10.6. The number of carbonyl (C=O) groups is 1. The minimum Gasteiger partial charge on any atom is -0.370 e. The molecule has 1 aromatic carbocycles. The predicted octanol–water partition coefficient (Wildman–Crippen LogP) is 2.52. The van der Waals surface area contributed by atoms with Crippen LogP contribution in [0.4, 0.5) is 0 Å². The zero-order valence-electron chi connectivity index (χ0n) is 9.20. The summed E-state index contributed by atoms with van der Waals surface area (Å²) in [5.74, 6) is -0.292. The van der Waals surface area contributed by atoms with Gasteiger partial charge in [-0.25, -0.2) is 0 Å². The third-order valence-corrected chi connectivity index (χ3v) is 4.15. The Morgan fingerprint density at radius 1 is 1.41 bits per heavy atom. The average molecular weight is 269 g/mol. The Labute approximate surface area is 109 Å². The average Bonchev–Trinajstić information content (AvgIpc) is 2.63. The maximum atomic E-state index is 10.6. The molecule has 90 valence electrons. The van der Waals surface area contributed by atoms with E-state index in [1.807, 2.05) is 18.2 Å². The van der Waals surface area contributed by atoms with E-state index < -0.39 is 0 Å². The summed E-state index contributed by atoms with van der Waals surface area (Å²) in [4.78, 5) is 11.7. The third kappa shape index (κ3) is 2.97. The first-order valence-corrected chi connectivity index (χ1v) is 6.53. The molecule has 0 aliphatic carbocycles. The lowest BCUT2D eigenvalue weighted by molar-refractivity contribution is -0.117. The highest BCUT2D eigenvalue weighted by molar-refractivity contribution is 7.19. The number of hydrogen-bond acceptors (Lipinski definition) is 3. The largest absolute Gasteiger partial charge is 0.370 e. The molecule has 3 nitrogen and oxygen atoms in total. The van der Waals surface area contributed by atoms with Crippen LogP contribution in [0, 0.1) is 0 Å². The van der Waals surface area contributed by atoms with Crippen molar-refractivity contribution in [3.63, 3.8) is 0 Å². The van der Waals surface area contributed by atoms with Crippen molar-refractivity contribution in [2.45, 2.75) is 13.0 Å². The van der Waals surface area contributed by atoms with Gasteiger partial charge in [-0.2, -0.15) is 0 Å². The van der Waals surface area contributed by atoms with Gasteiger partial charge in [-0.3, -0.25) is 4.79 Å². The number of thiophene rings is 1. The van der Waals surface area contributed by atoms with Gasteiger partial charge in [0.2, 0.25) is 5.91 Å². The van der Waals surface area contributed by atoms with Crippen LogP contribution in [0.25, 0.3) is 10.1 Å². The lowest BCUT2D eigenvalue weighted by Gasteiger charge is -2.01. The van der Waals surface area contributed by atoms with E-state index in [1.165, 1.54) is 4.70 Å². The Bertz CT molecular complexity index is 538. The highest BCUT2D eigenvalue weighted by Crippen LogP contribution is 2.34. The molecule has 1 aromatic heterocycles. The van der Waals surface area contributed by atoms with Gasteiger partial charge >= 0.3 is 0 Å². The highest BCUT2D eigenvalue weighted by Gasteiger charge is 2.08. The molecule has 0 atom stereocenters. The molecule has 0 saturated carbocycles. The van der Waals surface area contributed by atoms with Crippen molar-refractivity contribution in [2.75, 3.05) is 6.54 Å². The van der Waals surface area contributed by atoms with Crippen molar-refractivity contribution in [2.24, 2.45) is 5.73 Å². The smallest absolute Gasteiger partial charge is 0.218 e. The molecule has 0 spiro atoms. The van der Waals surface area contributed by atoms with Crippen molar-refractivity contribution in [1.82, 2.24) is 5.32 Å². The van der Waals surface area contributed by atoms with Gasteiger partial charge in [0.25, 0.3) is 0 Å². The molecular weight excluding hydrogens is 256 g/mol. The van der Waals surface area contributed by atoms with Crippen molar-refractivity contribution < 1.29 is 4.79 Å². The lowest BCUT2D eigenvalue weighted by Crippen LogP contribution is -2.21. The Hall–Kier alpha value is -1.10. The van der Waals surface area contributed by atoms with E-state index in [4.69, 9.17) is 17.3 Å². The number of benzene rings is 1. The maximum Gasteiger partial charge on any atom is 0.218 e. The minimum atomic E-state index is -0.292. The lowest BCUT2D eigenvalue weighted by atomic mass is 10.2. The second-order valence-corrected chi connectivity index (χ2v) is 5.24. The number of hydrogen-bond donors (Lipinski definition) is 2. The van der Waals surface area contributed by atoms with Gasteiger partial charge in [0.15, 0.2) is 0 Å². The van der Waals surface area contributed by atoms with Crippen molar-refractivity contribution in [3.05, 3.63) is 34.2 Å². The predicted molar refractivity (Wildman–Crippen MR) is 72.4 cm³/mol. The van der Waals surface area contributed by atoms with Crippen LogP contribution < -0.4 is 11.1 Å². The number of carbonyl (C=O) groups excluding carboxylic acids is 1. The van der Waals surface area contributed by atoms with Crippen LogP contribution in [-0.4, -0.2) is 12.5 Å². The van der Waals surface area contributed by atoms with Gasteiger partial charge in [-0.1, -0.05) is 29.8 Å². The van der Waals surface area contributed by atoms with Gasteiger partial charge < -0.3 is 11.1 Å². The van der Waals surface area contributed by atoms with Gasteiger partial charge in [0, 0.05) is 34.5 Å². The number of nitrogens with two attached hydrogens (primary N) is 1. The van der Waals surface area contributed by atoms with Crippen molar-refractivity contribution >= 4 is 38.9 Å². The zero-order chi connectivity index (χ0) is 12.3. The Kier molecular flexibility index (Phi) is 3.99. The summed E-state index contributed by atoms with van der Waals surface area (Å²) in [5, 5.41) is 5.05. The highest BCUT2D eigenvalue weighted by atomic mass is 35.5. The van der Waals surface area contributed by atoms with Gasteiger partial charge in [-0.15, -0.1) is 11.3 Å². The Morgan fingerprint density at radius 2 is 2.18 bits per heavy atom. The second-order valence-electron chi connectivity index (χ2n) is 3.73. The minimum absolute atomic E-state index is 0.292. The van der Waals surface area contributed by atoms with Gasteiger partial charge in [-0.05, 0) is 6.07 Å². The molecule has 1 heterocycles. The van der Waals surface area contributed by atoms with Crippen molar-refractivity contribution in [1.29, 1.82) is 0 Å². The molecule has 5 heteroatoms. The third-order valence-electron chi connectivity index (χ3n) is 2.44. The topological polar surface area (TPSA) is 55.1 Å². The number of fused-ring (bicyclic) bond motifs is 1. The summed E-state index contributed by atoms with van der Waals surface area (Å²) in [6.45, 7) is 1.26. The van der Waals surface area contributed by atoms with Crippen LogP contribution in [0.2, 0.25) is 5.02 Å². The fourth-order valence-electron chi connectivity index (χ4n) is 1.59. The zero-order valence-corrected chi connectivity index (χ0v) is 10.8. The molecule has 0 radical (unpaired) electrons. The molecule has 17 heavy (non-hydrogen) atoms. The summed E-state index contributed by atoms with van der Waals surface area (Å²) in [6.07, 6.45) is 0.350.